The van der Waals surface area contributed by atoms with E-state index in [-0.39, 0.29) is 0 Å². The molecule has 0 unspecified atom stereocenters. The highest BCUT2D eigenvalue weighted by Gasteiger charge is 2.39. The molecule has 98 valence electrons. The second kappa shape index (κ2) is 6.88. The van der Waals surface area contributed by atoms with Gasteiger partial charge in [-0.2, -0.15) is 0 Å². The quantitative estimate of drug-likeness (QED) is 0.403. The molecule has 0 N–H and O–H groups in total. The lowest BCUT2D eigenvalue weighted by molar-refractivity contribution is -0.174. The Morgan fingerprint density at radius 2 is 1.12 bits per heavy atom. The number of ether oxygens (including phenoxy) is 3. The van der Waals surface area contributed by atoms with Crippen molar-refractivity contribution in [1.29, 1.82) is 0 Å². The summed E-state index contributed by atoms with van der Waals surface area (Å²) in [4.78, 5) is 34.4. The highest BCUT2D eigenvalue weighted by atomic mass is 16.6. The van der Waals surface area contributed by atoms with Crippen molar-refractivity contribution < 1.29 is 28.6 Å². The Balaban J connectivity index is 4.81. The fourth-order valence-corrected chi connectivity index (χ4v) is 1.01. The van der Waals surface area contributed by atoms with Gasteiger partial charge < -0.3 is 14.2 Å². The minimum Gasteiger partial charge on any atom is -0.468 e. The van der Waals surface area contributed by atoms with Crippen LogP contribution in [0.5, 0.6) is 0 Å². The first kappa shape index (κ1) is 15.4. The monoisotopic (exact) mass is 246 g/mol. The zero-order chi connectivity index (χ0) is 13.6. The van der Waals surface area contributed by atoms with Crippen molar-refractivity contribution in [3.05, 3.63) is 0 Å². The van der Waals surface area contributed by atoms with Gasteiger partial charge in [0.2, 0.25) is 0 Å². The molecule has 0 aromatic rings. The molecule has 0 rings (SSSR count). The summed E-state index contributed by atoms with van der Waals surface area (Å²) in [7, 11) is 1.08. The standard InChI is InChI=1S/C11H18O6/c1-6(2)16-10(13)8(9(12)15-5)11(14)17-7(3)4/h6-8H,1-5H3. The Kier molecular flexibility index (Phi) is 6.23. The zero-order valence-electron chi connectivity index (χ0n) is 10.7. The number of hydrogen-bond donors (Lipinski definition) is 0. The van der Waals surface area contributed by atoms with E-state index in [1.807, 2.05) is 0 Å². The topological polar surface area (TPSA) is 78.9 Å². The fraction of sp³-hybridized carbons (Fsp3) is 0.727. The molecule has 0 heterocycles. The van der Waals surface area contributed by atoms with E-state index in [9.17, 15) is 14.4 Å². The van der Waals surface area contributed by atoms with E-state index >= 15 is 0 Å². The van der Waals surface area contributed by atoms with Crippen molar-refractivity contribution in [2.75, 3.05) is 7.11 Å². The van der Waals surface area contributed by atoms with Crippen molar-refractivity contribution >= 4 is 17.9 Å². The van der Waals surface area contributed by atoms with E-state index in [0.717, 1.165) is 7.11 Å². The molecule has 6 heteroatoms. The average Bonchev–Trinajstić information content (AvgIpc) is 2.14. The van der Waals surface area contributed by atoms with E-state index in [2.05, 4.69) is 4.74 Å². The molecule has 0 bridgehead atoms. The molecule has 0 aliphatic rings. The van der Waals surface area contributed by atoms with Crippen molar-refractivity contribution in [1.82, 2.24) is 0 Å². The summed E-state index contributed by atoms with van der Waals surface area (Å²) in [6.07, 6.45) is -0.858. The first-order chi connectivity index (χ1) is 7.79. The molecule has 0 aliphatic carbocycles. The lowest BCUT2D eigenvalue weighted by Crippen LogP contribution is -2.37. The van der Waals surface area contributed by atoms with Crippen LogP contribution >= 0.6 is 0 Å². The molecule has 0 atom stereocenters. The summed E-state index contributed by atoms with van der Waals surface area (Å²) >= 11 is 0. The van der Waals surface area contributed by atoms with E-state index in [0.29, 0.717) is 0 Å². The third-order valence-corrected chi connectivity index (χ3v) is 1.61. The van der Waals surface area contributed by atoms with Crippen LogP contribution in [0.3, 0.4) is 0 Å². The summed E-state index contributed by atoms with van der Waals surface area (Å²) in [6, 6.07) is 0. The van der Waals surface area contributed by atoms with Crippen molar-refractivity contribution in [3.8, 4) is 0 Å². The van der Waals surface area contributed by atoms with Gasteiger partial charge in [-0.05, 0) is 27.7 Å². The maximum absolute atomic E-state index is 11.6. The van der Waals surface area contributed by atoms with Gasteiger partial charge in [0.25, 0.3) is 5.92 Å². The first-order valence-electron chi connectivity index (χ1n) is 5.28. The van der Waals surface area contributed by atoms with E-state index in [1.54, 1.807) is 27.7 Å². The predicted octanol–water partition coefficient (Wildman–Crippen LogP) is 0.679. The van der Waals surface area contributed by atoms with Gasteiger partial charge in [-0.15, -0.1) is 0 Å². The fourth-order valence-electron chi connectivity index (χ4n) is 1.01. The van der Waals surface area contributed by atoms with Crippen LogP contribution < -0.4 is 0 Å². The van der Waals surface area contributed by atoms with Gasteiger partial charge in [-0.3, -0.25) is 14.4 Å². The van der Waals surface area contributed by atoms with Crippen LogP contribution in [0.25, 0.3) is 0 Å². The van der Waals surface area contributed by atoms with Crippen LogP contribution in [-0.4, -0.2) is 37.2 Å². The Labute approximate surface area is 100 Å². The van der Waals surface area contributed by atoms with Crippen molar-refractivity contribution in [2.24, 2.45) is 5.92 Å². The van der Waals surface area contributed by atoms with Gasteiger partial charge in [-0.25, -0.2) is 0 Å². The van der Waals surface area contributed by atoms with Crippen LogP contribution in [0, 0.1) is 5.92 Å². The lowest BCUT2D eigenvalue weighted by Gasteiger charge is -2.16. The normalized spacial score (nSPS) is 10.6. The second-order valence-corrected chi connectivity index (χ2v) is 3.93. The highest BCUT2D eigenvalue weighted by molar-refractivity contribution is 6.12. The molecule has 0 saturated carbocycles. The second-order valence-electron chi connectivity index (χ2n) is 3.93. The zero-order valence-corrected chi connectivity index (χ0v) is 10.7. The maximum atomic E-state index is 11.6. The van der Waals surface area contributed by atoms with Crippen LogP contribution in [0.15, 0.2) is 0 Å². The molecule has 0 saturated heterocycles. The maximum Gasteiger partial charge on any atom is 0.332 e. The highest BCUT2D eigenvalue weighted by Crippen LogP contribution is 2.09. The average molecular weight is 246 g/mol. The molecule has 0 fully saturated rings. The third kappa shape index (κ3) is 5.33. The summed E-state index contributed by atoms with van der Waals surface area (Å²) in [5.41, 5.74) is 0. The third-order valence-electron chi connectivity index (χ3n) is 1.61. The van der Waals surface area contributed by atoms with E-state index in [4.69, 9.17) is 9.47 Å². The number of hydrogen-bond acceptors (Lipinski definition) is 6. The number of carbonyl (C=O) groups excluding carboxylic acids is 3. The lowest BCUT2D eigenvalue weighted by atomic mass is 10.1. The van der Waals surface area contributed by atoms with Gasteiger partial charge in [0.15, 0.2) is 0 Å². The Hall–Kier alpha value is -1.59. The molecule has 0 amide bonds. The molecular weight excluding hydrogens is 228 g/mol. The van der Waals surface area contributed by atoms with Crippen LogP contribution in [0.2, 0.25) is 0 Å². The Morgan fingerprint density at radius 3 is 1.35 bits per heavy atom. The molecule has 0 radical (unpaired) electrons. The van der Waals surface area contributed by atoms with E-state index in [1.165, 1.54) is 0 Å². The summed E-state index contributed by atoms with van der Waals surface area (Å²) in [5, 5.41) is 0. The number of carbonyl (C=O) groups is 3. The van der Waals surface area contributed by atoms with Gasteiger partial charge in [0.1, 0.15) is 0 Å². The molecule has 0 spiro atoms. The Bertz CT molecular complexity index is 272. The summed E-state index contributed by atoms with van der Waals surface area (Å²) < 4.78 is 14.0. The summed E-state index contributed by atoms with van der Waals surface area (Å²) in [5.74, 6) is -4.58. The Morgan fingerprint density at radius 1 is 0.765 bits per heavy atom. The molecule has 0 aromatic heterocycles. The van der Waals surface area contributed by atoms with Gasteiger partial charge in [0.05, 0.1) is 19.3 Å². The first-order valence-corrected chi connectivity index (χ1v) is 5.28. The SMILES string of the molecule is COC(=O)C(C(=O)OC(C)C)C(=O)OC(C)C. The van der Waals surface area contributed by atoms with Gasteiger partial charge in [0, 0.05) is 0 Å². The van der Waals surface area contributed by atoms with Crippen LogP contribution in [0.1, 0.15) is 27.7 Å². The molecule has 6 nitrogen and oxygen atoms in total. The molecular formula is C11H18O6. The van der Waals surface area contributed by atoms with E-state index < -0.39 is 36.0 Å². The van der Waals surface area contributed by atoms with Gasteiger partial charge in [-0.1, -0.05) is 0 Å². The molecule has 17 heavy (non-hydrogen) atoms. The van der Waals surface area contributed by atoms with Crippen molar-refractivity contribution in [2.45, 2.75) is 39.9 Å². The summed E-state index contributed by atoms with van der Waals surface area (Å²) in [6.45, 7) is 6.44. The predicted molar refractivity (Wildman–Crippen MR) is 58.0 cm³/mol. The van der Waals surface area contributed by atoms with Crippen LogP contribution in [0.4, 0.5) is 0 Å². The minimum absolute atomic E-state index is 0.429. The molecule has 0 aromatic carbocycles. The molecule has 0 aliphatic heterocycles. The van der Waals surface area contributed by atoms with Gasteiger partial charge >= 0.3 is 17.9 Å². The van der Waals surface area contributed by atoms with Crippen molar-refractivity contribution in [3.63, 3.8) is 0 Å². The number of rotatable bonds is 5. The number of methoxy groups -OCH3 is 1. The minimum atomic E-state index is -1.68. The number of esters is 3. The van der Waals surface area contributed by atoms with Crippen LogP contribution in [-0.2, 0) is 28.6 Å². The smallest absolute Gasteiger partial charge is 0.332 e. The largest absolute Gasteiger partial charge is 0.468 e.